The maximum Gasteiger partial charge on any atom is 0.121 e. The number of ether oxygens (including phenoxy) is 1. The molecule has 1 unspecified atom stereocenters. The Balaban J connectivity index is 1.87. The number of anilines is 1. The Labute approximate surface area is 128 Å². The van der Waals surface area contributed by atoms with Gasteiger partial charge in [-0.05, 0) is 48.2 Å². The summed E-state index contributed by atoms with van der Waals surface area (Å²) < 4.78 is 5.24. The molecule has 20 heavy (non-hydrogen) atoms. The number of rotatable bonds is 3. The number of hydrogen-bond acceptors (Lipinski definition) is 2. The summed E-state index contributed by atoms with van der Waals surface area (Å²) in [6.07, 6.45) is 2.08. The van der Waals surface area contributed by atoms with Crippen molar-refractivity contribution in [1.82, 2.24) is 0 Å². The highest BCUT2D eigenvalue weighted by molar-refractivity contribution is 6.33. The number of benzene rings is 2. The molecule has 0 bridgehead atoms. The number of aryl methyl sites for hydroxylation is 1. The fraction of sp³-hybridized carbons (Fsp3) is 0.250. The first-order valence-electron chi connectivity index (χ1n) is 6.56. The number of methoxy groups -OCH3 is 1. The number of hydrogen-bond donors (Lipinski definition) is 1. The van der Waals surface area contributed by atoms with Crippen LogP contribution in [0.3, 0.4) is 0 Å². The standard InChI is InChI=1S/C16H15Cl2NO/c1-20-12-4-6-14(18)16(9-12)19-15-7-2-10-8-11(17)3-5-13(10)15/h3-6,8-9,15,19H,2,7H2,1H3. The zero-order valence-electron chi connectivity index (χ0n) is 11.1. The van der Waals surface area contributed by atoms with Gasteiger partial charge in [-0.2, -0.15) is 0 Å². The smallest absolute Gasteiger partial charge is 0.121 e. The van der Waals surface area contributed by atoms with E-state index in [1.807, 2.05) is 30.3 Å². The van der Waals surface area contributed by atoms with Crippen LogP contribution in [0.15, 0.2) is 36.4 Å². The molecular formula is C16H15Cl2NO. The van der Waals surface area contributed by atoms with Crippen molar-refractivity contribution in [2.45, 2.75) is 18.9 Å². The van der Waals surface area contributed by atoms with Crippen molar-refractivity contribution in [3.63, 3.8) is 0 Å². The lowest BCUT2D eigenvalue weighted by Crippen LogP contribution is -2.07. The van der Waals surface area contributed by atoms with Crippen LogP contribution in [0.1, 0.15) is 23.6 Å². The van der Waals surface area contributed by atoms with E-state index in [1.165, 1.54) is 11.1 Å². The molecular weight excluding hydrogens is 293 g/mol. The summed E-state index contributed by atoms with van der Waals surface area (Å²) in [5.74, 6) is 0.797. The van der Waals surface area contributed by atoms with Gasteiger partial charge in [0.1, 0.15) is 5.75 Å². The fourth-order valence-electron chi connectivity index (χ4n) is 2.67. The van der Waals surface area contributed by atoms with Gasteiger partial charge in [-0.3, -0.25) is 0 Å². The molecule has 104 valence electrons. The van der Waals surface area contributed by atoms with Crippen molar-refractivity contribution in [1.29, 1.82) is 0 Å². The summed E-state index contributed by atoms with van der Waals surface area (Å²) in [7, 11) is 1.65. The summed E-state index contributed by atoms with van der Waals surface area (Å²) >= 11 is 12.3. The second-order valence-corrected chi connectivity index (χ2v) is 5.77. The van der Waals surface area contributed by atoms with Gasteiger partial charge in [-0.1, -0.05) is 29.3 Å². The highest BCUT2D eigenvalue weighted by Gasteiger charge is 2.23. The first-order valence-corrected chi connectivity index (χ1v) is 7.31. The minimum Gasteiger partial charge on any atom is -0.497 e. The lowest BCUT2D eigenvalue weighted by atomic mass is 10.1. The van der Waals surface area contributed by atoms with Crippen LogP contribution in [0.2, 0.25) is 10.0 Å². The molecule has 0 saturated carbocycles. The van der Waals surface area contributed by atoms with Crippen LogP contribution in [0.5, 0.6) is 5.75 Å². The molecule has 0 amide bonds. The zero-order valence-corrected chi connectivity index (χ0v) is 12.6. The van der Waals surface area contributed by atoms with Crippen LogP contribution in [0.25, 0.3) is 0 Å². The lowest BCUT2D eigenvalue weighted by molar-refractivity contribution is 0.415. The Morgan fingerprint density at radius 3 is 2.80 bits per heavy atom. The Morgan fingerprint density at radius 2 is 2.00 bits per heavy atom. The number of fused-ring (bicyclic) bond motifs is 1. The van der Waals surface area contributed by atoms with E-state index in [0.717, 1.165) is 29.3 Å². The average molecular weight is 308 g/mol. The molecule has 2 aromatic rings. The zero-order chi connectivity index (χ0) is 14.1. The summed E-state index contributed by atoms with van der Waals surface area (Å²) in [5, 5.41) is 5.00. The monoisotopic (exact) mass is 307 g/mol. The van der Waals surface area contributed by atoms with Gasteiger partial charge in [-0.15, -0.1) is 0 Å². The first kappa shape index (κ1) is 13.6. The Kier molecular flexibility index (Phi) is 3.77. The molecule has 1 aliphatic rings. The van der Waals surface area contributed by atoms with Gasteiger partial charge in [0.25, 0.3) is 0 Å². The maximum atomic E-state index is 6.24. The average Bonchev–Trinajstić information content (AvgIpc) is 2.83. The highest BCUT2D eigenvalue weighted by atomic mass is 35.5. The molecule has 0 saturated heterocycles. The molecule has 0 aromatic heterocycles. The molecule has 0 spiro atoms. The fourth-order valence-corrected chi connectivity index (χ4v) is 3.03. The lowest BCUT2D eigenvalue weighted by Gasteiger charge is -2.17. The summed E-state index contributed by atoms with van der Waals surface area (Å²) in [6, 6.07) is 12.0. The van der Waals surface area contributed by atoms with E-state index in [9.17, 15) is 0 Å². The molecule has 0 heterocycles. The van der Waals surface area contributed by atoms with E-state index >= 15 is 0 Å². The topological polar surface area (TPSA) is 21.3 Å². The van der Waals surface area contributed by atoms with Crippen molar-refractivity contribution in [2.75, 3.05) is 12.4 Å². The molecule has 0 aliphatic heterocycles. The van der Waals surface area contributed by atoms with Gasteiger partial charge in [0.05, 0.1) is 23.9 Å². The SMILES string of the molecule is COc1ccc(Cl)c(NC2CCc3cc(Cl)ccc32)c1. The quantitative estimate of drug-likeness (QED) is 0.851. The van der Waals surface area contributed by atoms with Gasteiger partial charge >= 0.3 is 0 Å². The van der Waals surface area contributed by atoms with E-state index in [-0.39, 0.29) is 6.04 Å². The molecule has 0 radical (unpaired) electrons. The van der Waals surface area contributed by atoms with Gasteiger partial charge in [0.15, 0.2) is 0 Å². The van der Waals surface area contributed by atoms with Crippen LogP contribution in [-0.2, 0) is 6.42 Å². The molecule has 2 aromatic carbocycles. The van der Waals surface area contributed by atoms with E-state index in [2.05, 4.69) is 11.4 Å². The summed E-state index contributed by atoms with van der Waals surface area (Å²) in [4.78, 5) is 0. The third-order valence-corrected chi connectivity index (χ3v) is 4.25. The molecule has 1 N–H and O–H groups in total. The first-order chi connectivity index (χ1) is 9.67. The summed E-state index contributed by atoms with van der Waals surface area (Å²) in [5.41, 5.74) is 3.51. The van der Waals surface area contributed by atoms with Crippen molar-refractivity contribution in [2.24, 2.45) is 0 Å². The Bertz CT molecular complexity index is 642. The molecule has 2 nitrogen and oxygen atoms in total. The number of nitrogens with one attached hydrogen (secondary N) is 1. The second-order valence-electron chi connectivity index (χ2n) is 4.92. The van der Waals surface area contributed by atoms with Crippen molar-refractivity contribution in [3.8, 4) is 5.75 Å². The van der Waals surface area contributed by atoms with Crippen molar-refractivity contribution >= 4 is 28.9 Å². The number of halogens is 2. The van der Waals surface area contributed by atoms with E-state index in [4.69, 9.17) is 27.9 Å². The van der Waals surface area contributed by atoms with Crippen LogP contribution in [0, 0.1) is 0 Å². The highest BCUT2D eigenvalue weighted by Crippen LogP contribution is 2.37. The molecule has 1 aliphatic carbocycles. The maximum absolute atomic E-state index is 6.24. The molecule has 0 fully saturated rings. The third-order valence-electron chi connectivity index (χ3n) is 3.69. The molecule has 3 rings (SSSR count). The van der Waals surface area contributed by atoms with E-state index in [0.29, 0.717) is 5.02 Å². The van der Waals surface area contributed by atoms with E-state index < -0.39 is 0 Å². The molecule has 4 heteroatoms. The largest absolute Gasteiger partial charge is 0.497 e. The predicted octanol–water partition coefficient (Wildman–Crippen LogP) is 5.10. The van der Waals surface area contributed by atoms with Crippen LogP contribution in [0.4, 0.5) is 5.69 Å². The van der Waals surface area contributed by atoms with Gasteiger partial charge in [-0.25, -0.2) is 0 Å². The van der Waals surface area contributed by atoms with E-state index in [1.54, 1.807) is 7.11 Å². The van der Waals surface area contributed by atoms with Gasteiger partial charge < -0.3 is 10.1 Å². The Hall–Kier alpha value is -1.38. The third kappa shape index (κ3) is 2.58. The normalized spacial score (nSPS) is 16.9. The van der Waals surface area contributed by atoms with Gasteiger partial charge in [0.2, 0.25) is 0 Å². The second kappa shape index (κ2) is 5.55. The minimum atomic E-state index is 0.270. The van der Waals surface area contributed by atoms with Crippen LogP contribution < -0.4 is 10.1 Å². The minimum absolute atomic E-state index is 0.270. The van der Waals surface area contributed by atoms with Crippen LogP contribution in [-0.4, -0.2) is 7.11 Å². The van der Waals surface area contributed by atoms with Crippen LogP contribution >= 0.6 is 23.2 Å². The van der Waals surface area contributed by atoms with Gasteiger partial charge in [0, 0.05) is 11.1 Å². The van der Waals surface area contributed by atoms with Crippen molar-refractivity contribution < 1.29 is 4.74 Å². The molecule has 1 atom stereocenters. The Morgan fingerprint density at radius 1 is 1.15 bits per heavy atom. The van der Waals surface area contributed by atoms with Crippen molar-refractivity contribution in [3.05, 3.63) is 57.6 Å². The summed E-state index contributed by atoms with van der Waals surface area (Å²) in [6.45, 7) is 0. The predicted molar refractivity (Wildman–Crippen MR) is 84.1 cm³/mol.